The normalized spacial score (nSPS) is 11.6. The van der Waals surface area contributed by atoms with Crippen LogP contribution in [0.25, 0.3) is 0 Å². The van der Waals surface area contributed by atoms with Crippen LogP contribution in [-0.2, 0) is 23.2 Å². The van der Waals surface area contributed by atoms with E-state index < -0.39 is 20.7 Å². The monoisotopic (exact) mass is 373 g/mol. The fourth-order valence-electron chi connectivity index (χ4n) is 1.79. The highest BCUT2D eigenvalue weighted by Crippen LogP contribution is 2.19. The molecule has 21 heavy (non-hydrogen) atoms. The molecule has 0 aliphatic rings. The number of halogens is 2. The average Bonchev–Trinajstić information content (AvgIpc) is 2.45. The molecule has 0 saturated heterocycles. The average molecular weight is 374 g/mol. The molecule has 7 heteroatoms. The minimum atomic E-state index is -3.93. The van der Waals surface area contributed by atoms with Crippen LogP contribution in [0.4, 0.5) is 4.39 Å². The Morgan fingerprint density at radius 3 is 2.52 bits per heavy atom. The number of rotatable bonds is 5. The van der Waals surface area contributed by atoms with Crippen molar-refractivity contribution in [2.45, 2.75) is 18.0 Å². The summed E-state index contributed by atoms with van der Waals surface area (Å²) in [5, 5.41) is 9.04. The Kier molecular flexibility index (Phi) is 5.10. The molecule has 0 atom stereocenters. The molecule has 0 heterocycles. The second-order valence-electron chi connectivity index (χ2n) is 4.38. The van der Waals surface area contributed by atoms with Gasteiger partial charge in [0.15, 0.2) is 0 Å². The highest BCUT2D eigenvalue weighted by Gasteiger charge is 2.18. The van der Waals surface area contributed by atoms with E-state index in [1.807, 2.05) is 0 Å². The van der Waals surface area contributed by atoms with E-state index >= 15 is 0 Å². The Labute approximate surface area is 130 Å². The summed E-state index contributed by atoms with van der Waals surface area (Å²) >= 11 is 3.08. The Balaban J connectivity index is 2.17. The van der Waals surface area contributed by atoms with Gasteiger partial charge in [0.2, 0.25) is 10.0 Å². The number of benzene rings is 2. The van der Waals surface area contributed by atoms with E-state index in [0.29, 0.717) is 15.6 Å². The van der Waals surface area contributed by atoms with E-state index in [4.69, 9.17) is 5.11 Å². The van der Waals surface area contributed by atoms with Crippen molar-refractivity contribution in [2.75, 3.05) is 0 Å². The van der Waals surface area contributed by atoms with Gasteiger partial charge in [-0.25, -0.2) is 17.5 Å². The number of hydrogen-bond acceptors (Lipinski definition) is 3. The van der Waals surface area contributed by atoms with Crippen LogP contribution in [0.2, 0.25) is 0 Å². The van der Waals surface area contributed by atoms with Gasteiger partial charge in [0.1, 0.15) is 10.7 Å². The molecule has 0 spiro atoms. The van der Waals surface area contributed by atoms with Crippen molar-refractivity contribution in [3.63, 3.8) is 0 Å². The molecule has 2 aromatic rings. The van der Waals surface area contributed by atoms with Crippen molar-refractivity contribution in [1.29, 1.82) is 0 Å². The highest BCUT2D eigenvalue weighted by molar-refractivity contribution is 9.10. The molecule has 2 aromatic carbocycles. The van der Waals surface area contributed by atoms with Gasteiger partial charge in [0.05, 0.1) is 6.61 Å². The van der Waals surface area contributed by atoms with Crippen molar-refractivity contribution in [3.05, 3.63) is 63.9 Å². The molecule has 112 valence electrons. The maximum Gasteiger partial charge on any atom is 0.243 e. The third-order valence-electron chi connectivity index (χ3n) is 2.82. The maximum absolute atomic E-state index is 13.7. The second-order valence-corrected chi connectivity index (χ2v) is 7.03. The summed E-state index contributed by atoms with van der Waals surface area (Å²) in [5.74, 6) is -0.819. The lowest BCUT2D eigenvalue weighted by atomic mass is 10.1. The molecule has 0 saturated carbocycles. The van der Waals surface area contributed by atoms with E-state index in [1.54, 1.807) is 24.3 Å². The van der Waals surface area contributed by atoms with E-state index in [2.05, 4.69) is 20.7 Å². The first kappa shape index (κ1) is 16.1. The summed E-state index contributed by atoms with van der Waals surface area (Å²) in [4.78, 5) is -0.399. The Morgan fingerprint density at radius 1 is 1.14 bits per heavy atom. The Bertz CT molecular complexity index is 750. The van der Waals surface area contributed by atoms with E-state index in [-0.39, 0.29) is 13.2 Å². The van der Waals surface area contributed by atoms with Crippen LogP contribution >= 0.6 is 15.9 Å². The van der Waals surface area contributed by atoms with Gasteiger partial charge < -0.3 is 5.11 Å². The van der Waals surface area contributed by atoms with Gasteiger partial charge in [-0.05, 0) is 29.3 Å². The second kappa shape index (κ2) is 6.65. The van der Waals surface area contributed by atoms with Crippen LogP contribution in [0, 0.1) is 5.82 Å². The zero-order valence-corrected chi connectivity index (χ0v) is 13.3. The number of sulfonamides is 1. The smallest absolute Gasteiger partial charge is 0.243 e. The fourth-order valence-corrected chi connectivity index (χ4v) is 3.20. The summed E-state index contributed by atoms with van der Waals surface area (Å²) in [6.45, 7) is -0.104. The van der Waals surface area contributed by atoms with E-state index in [9.17, 15) is 12.8 Å². The molecule has 0 aromatic heterocycles. The molecule has 2 N–H and O–H groups in total. The zero-order valence-electron chi connectivity index (χ0n) is 10.9. The molecule has 0 bridgehead atoms. The van der Waals surface area contributed by atoms with Crippen molar-refractivity contribution < 1.29 is 17.9 Å². The van der Waals surface area contributed by atoms with Gasteiger partial charge >= 0.3 is 0 Å². The SMILES string of the molecule is O=S(=O)(NCc1cccc(CO)c1)c1ccc(Br)cc1F. The van der Waals surface area contributed by atoms with Gasteiger partial charge in [-0.15, -0.1) is 0 Å². The number of aliphatic hydroxyl groups is 1. The number of nitrogens with one attached hydrogen (secondary N) is 1. The molecule has 0 aliphatic carbocycles. The van der Waals surface area contributed by atoms with Gasteiger partial charge in [-0.1, -0.05) is 40.2 Å². The zero-order chi connectivity index (χ0) is 15.5. The number of aliphatic hydroxyl groups excluding tert-OH is 1. The van der Waals surface area contributed by atoms with Crippen molar-refractivity contribution in [1.82, 2.24) is 4.72 Å². The van der Waals surface area contributed by atoms with Crippen LogP contribution in [0.1, 0.15) is 11.1 Å². The quantitative estimate of drug-likeness (QED) is 0.846. The Morgan fingerprint density at radius 2 is 1.86 bits per heavy atom. The minimum Gasteiger partial charge on any atom is -0.392 e. The third-order valence-corrected chi connectivity index (χ3v) is 4.75. The third kappa shape index (κ3) is 4.10. The predicted octanol–water partition coefficient (Wildman–Crippen LogP) is 2.56. The van der Waals surface area contributed by atoms with Crippen molar-refractivity contribution in [2.24, 2.45) is 0 Å². The van der Waals surface area contributed by atoms with Gasteiger partial charge in [-0.3, -0.25) is 0 Å². The first-order chi connectivity index (χ1) is 9.92. The van der Waals surface area contributed by atoms with Gasteiger partial charge in [0.25, 0.3) is 0 Å². The summed E-state index contributed by atoms with van der Waals surface area (Å²) in [6, 6.07) is 10.6. The molecule has 0 fully saturated rings. The first-order valence-electron chi connectivity index (χ1n) is 6.06. The molecule has 0 amide bonds. The summed E-state index contributed by atoms with van der Waals surface area (Å²) < 4.78 is 40.7. The lowest BCUT2D eigenvalue weighted by Gasteiger charge is -2.09. The van der Waals surface area contributed by atoms with Crippen LogP contribution in [0.5, 0.6) is 0 Å². The van der Waals surface area contributed by atoms with Gasteiger partial charge in [-0.2, -0.15) is 0 Å². The molecule has 4 nitrogen and oxygen atoms in total. The maximum atomic E-state index is 13.7. The molecule has 0 radical (unpaired) electrons. The summed E-state index contributed by atoms with van der Waals surface area (Å²) in [6.07, 6.45) is 0. The van der Waals surface area contributed by atoms with Crippen LogP contribution in [-0.4, -0.2) is 13.5 Å². The van der Waals surface area contributed by atoms with Crippen LogP contribution in [0.3, 0.4) is 0 Å². The fraction of sp³-hybridized carbons (Fsp3) is 0.143. The minimum absolute atomic E-state index is 0.0195. The van der Waals surface area contributed by atoms with Gasteiger partial charge in [0, 0.05) is 11.0 Å². The lowest BCUT2D eigenvalue weighted by Crippen LogP contribution is -2.24. The van der Waals surface area contributed by atoms with Crippen molar-refractivity contribution in [3.8, 4) is 0 Å². The predicted molar refractivity (Wildman–Crippen MR) is 80.5 cm³/mol. The summed E-state index contributed by atoms with van der Waals surface area (Å²) in [5.41, 5.74) is 1.36. The summed E-state index contributed by atoms with van der Waals surface area (Å²) in [7, 11) is -3.93. The molecular formula is C14H13BrFNO3S. The largest absolute Gasteiger partial charge is 0.392 e. The van der Waals surface area contributed by atoms with E-state index in [0.717, 1.165) is 6.07 Å². The topological polar surface area (TPSA) is 66.4 Å². The first-order valence-corrected chi connectivity index (χ1v) is 8.33. The van der Waals surface area contributed by atoms with Crippen molar-refractivity contribution >= 4 is 26.0 Å². The van der Waals surface area contributed by atoms with Crippen LogP contribution < -0.4 is 4.72 Å². The highest BCUT2D eigenvalue weighted by atomic mass is 79.9. The lowest BCUT2D eigenvalue weighted by molar-refractivity contribution is 0.281. The number of hydrogen-bond donors (Lipinski definition) is 2. The Hall–Kier alpha value is -1.28. The van der Waals surface area contributed by atoms with E-state index in [1.165, 1.54) is 12.1 Å². The standard InChI is InChI=1S/C14H13BrFNO3S/c15-12-4-5-14(13(16)7-12)21(19,20)17-8-10-2-1-3-11(6-10)9-18/h1-7,17-18H,8-9H2. The molecule has 0 unspecified atom stereocenters. The molecule has 0 aliphatic heterocycles. The molecule has 2 rings (SSSR count). The molecular weight excluding hydrogens is 361 g/mol. The van der Waals surface area contributed by atoms with Crippen LogP contribution in [0.15, 0.2) is 51.8 Å².